The number of imidazole rings is 2. The van der Waals surface area contributed by atoms with Gasteiger partial charge < -0.3 is 39.4 Å². The van der Waals surface area contributed by atoms with Gasteiger partial charge in [0.05, 0.1) is 56.1 Å². The van der Waals surface area contributed by atoms with Gasteiger partial charge in [-0.3, -0.25) is 28.8 Å². The minimum absolute atomic E-state index is 0.0435. The first-order valence-corrected chi connectivity index (χ1v) is 22.6. The summed E-state index contributed by atoms with van der Waals surface area (Å²) in [7, 11) is 1.34. The van der Waals surface area contributed by atoms with Crippen LogP contribution in [-0.4, -0.2) is 126 Å². The second-order valence-corrected chi connectivity index (χ2v) is 18.0. The Morgan fingerprint density at radius 1 is 0.662 bits per heavy atom. The van der Waals surface area contributed by atoms with Gasteiger partial charge in [0.1, 0.15) is 12.1 Å². The molecule has 2 saturated heterocycles. The van der Waals surface area contributed by atoms with Crippen molar-refractivity contribution >= 4 is 35.6 Å². The normalized spacial score (nSPS) is 17.5. The lowest BCUT2D eigenvalue weighted by atomic mass is 9.92. The van der Waals surface area contributed by atoms with Crippen LogP contribution in [-0.2, 0) is 59.4 Å². The summed E-state index contributed by atoms with van der Waals surface area (Å²) in [6, 6.07) is 18.0. The third-order valence-electron chi connectivity index (χ3n) is 12.1. The lowest BCUT2D eigenvalue weighted by Crippen LogP contribution is -2.59. The molecule has 2 aliphatic heterocycles. The second-order valence-electron chi connectivity index (χ2n) is 18.0. The van der Waals surface area contributed by atoms with Gasteiger partial charge in [0, 0.05) is 63.3 Å². The van der Waals surface area contributed by atoms with Gasteiger partial charge in [-0.15, -0.1) is 0 Å². The van der Waals surface area contributed by atoms with Crippen LogP contribution in [0.4, 0.5) is 0 Å². The Labute approximate surface area is 382 Å². The highest BCUT2D eigenvalue weighted by atomic mass is 16.5. The quantitative estimate of drug-likeness (QED) is 0.109. The summed E-state index contributed by atoms with van der Waals surface area (Å²) < 4.78 is 4.94. The van der Waals surface area contributed by atoms with E-state index in [9.17, 15) is 33.9 Å². The molecule has 0 radical (unpaired) electrons. The molecule has 0 unspecified atom stereocenters. The molecule has 4 heterocycles. The van der Waals surface area contributed by atoms with E-state index < -0.39 is 29.9 Å². The number of carbonyl (C=O) groups is 6. The minimum Gasteiger partial charge on any atom is -0.481 e. The SMILES string of the molecule is COC(=O)[C@@H](CC(=O)N1CCN(Cc2nc[nH]c2C)C(=O)[C@@H]1Cc1ccccc1)CC(C)C.Cc1[nH]cnc1CN1CCN(C(=O)C[C@@H](CC(C)C)C(=O)O)[C@@H](Cc2ccccc2)C1=O. The Morgan fingerprint density at radius 3 is 1.42 bits per heavy atom. The van der Waals surface area contributed by atoms with Crippen LogP contribution in [0.3, 0.4) is 0 Å². The number of aromatic nitrogens is 4. The minimum atomic E-state index is -0.967. The molecule has 0 aliphatic carbocycles. The molecule has 0 saturated carbocycles. The molecule has 2 aliphatic rings. The van der Waals surface area contributed by atoms with E-state index >= 15 is 0 Å². The molecular formula is C49H66N8O8. The van der Waals surface area contributed by atoms with Crippen LogP contribution < -0.4 is 0 Å². The molecular weight excluding hydrogens is 829 g/mol. The van der Waals surface area contributed by atoms with E-state index in [4.69, 9.17) is 4.74 Å². The van der Waals surface area contributed by atoms with Crippen LogP contribution in [0.1, 0.15) is 87.3 Å². The van der Waals surface area contributed by atoms with Crippen molar-refractivity contribution in [2.75, 3.05) is 33.3 Å². The first kappa shape index (κ1) is 49.7. The van der Waals surface area contributed by atoms with E-state index in [1.54, 1.807) is 32.3 Å². The average Bonchev–Trinajstić information content (AvgIpc) is 3.88. The number of carboxylic acids is 1. The standard InChI is InChI=1S/C25H34N4O4.C24H32N4O4/c1-17(2)12-20(25(32)33-4)14-23(30)29-11-10-28(15-21-18(3)26-16-27-21)24(31)22(29)13-19-8-6-5-7-9-19;1-16(2)11-19(24(31)32)13-22(29)28-10-9-27(14-20-17(3)25-15-26-20)23(30)21(28)12-18-7-5-4-6-8-18/h5-9,16-17,20,22H,10-15H2,1-4H3,(H,26,27);4-8,15-16,19,21H,9-14H2,1-3H3,(H,25,26)(H,31,32)/t20-,22+;19-,21+/m11/s1. The predicted octanol–water partition coefficient (Wildman–Crippen LogP) is 5.36. The molecule has 2 fully saturated rings. The number of H-pyrrole nitrogens is 2. The van der Waals surface area contributed by atoms with E-state index in [-0.39, 0.29) is 54.3 Å². The number of carbonyl (C=O) groups excluding carboxylic acids is 5. The molecule has 0 bridgehead atoms. The van der Waals surface area contributed by atoms with Crippen molar-refractivity contribution in [3.05, 3.63) is 107 Å². The molecule has 3 N–H and O–H groups in total. The number of methoxy groups -OCH3 is 1. The highest BCUT2D eigenvalue weighted by Crippen LogP contribution is 2.26. The number of carboxylic acid groups (broad SMARTS) is 1. The van der Waals surface area contributed by atoms with Gasteiger partial charge in [-0.2, -0.15) is 0 Å². The highest BCUT2D eigenvalue weighted by Gasteiger charge is 2.40. The number of ether oxygens (including phenoxy) is 1. The van der Waals surface area contributed by atoms with Gasteiger partial charge in [-0.25, -0.2) is 9.97 Å². The fourth-order valence-corrected chi connectivity index (χ4v) is 8.61. The molecule has 16 heteroatoms. The summed E-state index contributed by atoms with van der Waals surface area (Å²) >= 11 is 0. The Kier molecular flexibility index (Phi) is 18.0. The topological polar surface area (TPSA) is 202 Å². The van der Waals surface area contributed by atoms with E-state index in [2.05, 4.69) is 19.9 Å². The number of amides is 4. The van der Waals surface area contributed by atoms with Crippen molar-refractivity contribution in [3.63, 3.8) is 0 Å². The summed E-state index contributed by atoms with van der Waals surface area (Å²) in [4.78, 5) is 99.0. The summed E-state index contributed by atoms with van der Waals surface area (Å²) in [5.41, 5.74) is 5.41. The number of rotatable bonds is 18. The Morgan fingerprint density at radius 2 is 1.06 bits per heavy atom. The zero-order valence-corrected chi connectivity index (χ0v) is 38.9. The third kappa shape index (κ3) is 13.8. The van der Waals surface area contributed by atoms with Gasteiger partial charge in [-0.05, 0) is 49.7 Å². The summed E-state index contributed by atoms with van der Waals surface area (Å²) in [5.74, 6) is -2.89. The van der Waals surface area contributed by atoms with Crippen molar-refractivity contribution in [3.8, 4) is 0 Å². The van der Waals surface area contributed by atoms with Gasteiger partial charge in [0.2, 0.25) is 23.6 Å². The number of benzene rings is 2. The predicted molar refractivity (Wildman–Crippen MR) is 244 cm³/mol. The Balaban J connectivity index is 0.000000244. The van der Waals surface area contributed by atoms with Gasteiger partial charge in [0.25, 0.3) is 0 Å². The number of aliphatic carboxylic acids is 1. The first-order chi connectivity index (χ1) is 31.1. The lowest BCUT2D eigenvalue weighted by molar-refractivity contribution is -0.155. The molecule has 6 rings (SSSR count). The van der Waals surface area contributed by atoms with Gasteiger partial charge in [0.15, 0.2) is 0 Å². The monoisotopic (exact) mass is 895 g/mol. The zero-order chi connectivity index (χ0) is 47.2. The number of nitrogens with one attached hydrogen (secondary N) is 2. The number of hydrogen-bond donors (Lipinski definition) is 3. The molecule has 350 valence electrons. The molecule has 0 spiro atoms. The van der Waals surface area contributed by atoms with Crippen molar-refractivity contribution in [2.45, 2.75) is 105 Å². The molecule has 65 heavy (non-hydrogen) atoms. The fraction of sp³-hybridized carbons (Fsp3) is 0.510. The summed E-state index contributed by atoms with van der Waals surface area (Å²) in [5, 5.41) is 9.58. The number of esters is 1. The first-order valence-electron chi connectivity index (χ1n) is 22.6. The molecule has 16 nitrogen and oxygen atoms in total. The van der Waals surface area contributed by atoms with Crippen LogP contribution in [0.2, 0.25) is 0 Å². The summed E-state index contributed by atoms with van der Waals surface area (Å²) in [6.07, 6.45) is 4.99. The number of aryl methyl sites for hydroxylation is 2. The van der Waals surface area contributed by atoms with E-state index in [0.717, 1.165) is 33.9 Å². The van der Waals surface area contributed by atoms with Crippen LogP contribution >= 0.6 is 0 Å². The molecule has 4 amide bonds. The van der Waals surface area contributed by atoms with Crippen LogP contribution in [0.25, 0.3) is 0 Å². The van der Waals surface area contributed by atoms with E-state index in [0.29, 0.717) is 65.0 Å². The molecule has 4 atom stereocenters. The lowest BCUT2D eigenvalue weighted by Gasteiger charge is -2.41. The number of nitrogens with zero attached hydrogens (tertiary/aromatic N) is 6. The van der Waals surface area contributed by atoms with Crippen molar-refractivity contribution in [1.82, 2.24) is 39.5 Å². The third-order valence-corrected chi connectivity index (χ3v) is 12.1. The summed E-state index contributed by atoms with van der Waals surface area (Å²) in [6.45, 7) is 14.1. The molecule has 2 aromatic carbocycles. The van der Waals surface area contributed by atoms with Crippen LogP contribution in [0, 0.1) is 37.5 Å². The van der Waals surface area contributed by atoms with Crippen molar-refractivity contribution < 1.29 is 38.6 Å². The average molecular weight is 895 g/mol. The van der Waals surface area contributed by atoms with Crippen molar-refractivity contribution in [1.29, 1.82) is 0 Å². The van der Waals surface area contributed by atoms with Gasteiger partial charge in [-0.1, -0.05) is 88.4 Å². The van der Waals surface area contributed by atoms with E-state index in [1.807, 2.05) is 102 Å². The van der Waals surface area contributed by atoms with E-state index in [1.165, 1.54) is 7.11 Å². The van der Waals surface area contributed by atoms with Crippen LogP contribution in [0.15, 0.2) is 73.3 Å². The largest absolute Gasteiger partial charge is 0.481 e. The fourth-order valence-electron chi connectivity index (χ4n) is 8.61. The smallest absolute Gasteiger partial charge is 0.309 e. The maximum Gasteiger partial charge on any atom is 0.309 e. The molecule has 2 aromatic heterocycles. The second kappa shape index (κ2) is 23.6. The maximum absolute atomic E-state index is 13.5. The zero-order valence-electron chi connectivity index (χ0n) is 38.9. The number of hydrogen-bond acceptors (Lipinski definition) is 9. The Bertz CT molecular complexity index is 2210. The number of piperazine rings is 2. The highest BCUT2D eigenvalue weighted by molar-refractivity contribution is 5.91. The maximum atomic E-state index is 13.5. The molecule has 4 aromatic rings. The van der Waals surface area contributed by atoms with Gasteiger partial charge >= 0.3 is 11.9 Å². The Hall–Kier alpha value is -6.32. The van der Waals surface area contributed by atoms with Crippen molar-refractivity contribution in [2.24, 2.45) is 23.7 Å². The van der Waals surface area contributed by atoms with Crippen LogP contribution in [0.5, 0.6) is 0 Å². The number of aromatic amines is 2.